The molecular formula is C14H15ClFN3O. The summed E-state index contributed by atoms with van der Waals surface area (Å²) in [6.07, 6.45) is 3.17. The topological polar surface area (TPSA) is 46.9 Å². The van der Waals surface area contributed by atoms with E-state index in [1.807, 2.05) is 20.8 Å². The monoisotopic (exact) mass is 295 g/mol. The van der Waals surface area contributed by atoms with Crippen LogP contribution < -0.4 is 10.9 Å². The Balaban J connectivity index is 2.40. The van der Waals surface area contributed by atoms with Crippen LogP contribution in [0.3, 0.4) is 0 Å². The molecular weight excluding hydrogens is 281 g/mol. The molecule has 0 radical (unpaired) electrons. The van der Waals surface area contributed by atoms with Crippen molar-refractivity contribution in [2.24, 2.45) is 0 Å². The Kier molecular flexibility index (Phi) is 3.81. The van der Waals surface area contributed by atoms with Gasteiger partial charge >= 0.3 is 0 Å². The Morgan fingerprint density at radius 2 is 2.05 bits per heavy atom. The van der Waals surface area contributed by atoms with Gasteiger partial charge in [0.15, 0.2) is 5.82 Å². The van der Waals surface area contributed by atoms with Gasteiger partial charge in [0.1, 0.15) is 5.82 Å². The number of rotatable bonds is 2. The maximum absolute atomic E-state index is 13.1. The van der Waals surface area contributed by atoms with E-state index in [1.165, 1.54) is 18.2 Å². The Labute approximate surface area is 121 Å². The third kappa shape index (κ3) is 2.99. The fraction of sp³-hybridized carbons (Fsp3) is 0.286. The molecule has 0 fully saturated rings. The fourth-order valence-corrected chi connectivity index (χ4v) is 1.92. The van der Waals surface area contributed by atoms with Crippen molar-refractivity contribution in [1.82, 2.24) is 9.55 Å². The summed E-state index contributed by atoms with van der Waals surface area (Å²) in [7, 11) is 0. The SMILES string of the molecule is CC(C)(C)n1ccnc(Nc2ccc(F)c(Cl)c2)c1=O. The van der Waals surface area contributed by atoms with Crippen LogP contribution in [0, 0.1) is 5.82 Å². The molecule has 2 rings (SSSR count). The number of hydrogen-bond donors (Lipinski definition) is 1. The molecule has 2 aromatic rings. The van der Waals surface area contributed by atoms with E-state index in [9.17, 15) is 9.18 Å². The molecule has 1 aromatic heterocycles. The average molecular weight is 296 g/mol. The van der Waals surface area contributed by atoms with Gasteiger partial charge in [-0.15, -0.1) is 0 Å². The highest BCUT2D eigenvalue weighted by atomic mass is 35.5. The highest BCUT2D eigenvalue weighted by Crippen LogP contribution is 2.21. The van der Waals surface area contributed by atoms with Crippen molar-refractivity contribution in [2.75, 3.05) is 5.32 Å². The normalized spacial score (nSPS) is 11.4. The van der Waals surface area contributed by atoms with Crippen molar-refractivity contribution in [3.8, 4) is 0 Å². The van der Waals surface area contributed by atoms with Crippen molar-refractivity contribution in [2.45, 2.75) is 26.3 Å². The van der Waals surface area contributed by atoms with Crippen molar-refractivity contribution in [3.63, 3.8) is 0 Å². The van der Waals surface area contributed by atoms with Gasteiger partial charge in [-0.3, -0.25) is 4.79 Å². The van der Waals surface area contributed by atoms with Gasteiger partial charge in [-0.2, -0.15) is 0 Å². The number of benzene rings is 1. The summed E-state index contributed by atoms with van der Waals surface area (Å²) in [6.45, 7) is 5.77. The summed E-state index contributed by atoms with van der Waals surface area (Å²) < 4.78 is 14.7. The van der Waals surface area contributed by atoms with Gasteiger partial charge in [-0.05, 0) is 39.0 Å². The van der Waals surface area contributed by atoms with E-state index in [1.54, 1.807) is 17.0 Å². The fourth-order valence-electron chi connectivity index (χ4n) is 1.74. The van der Waals surface area contributed by atoms with Crippen LogP contribution >= 0.6 is 11.6 Å². The zero-order valence-corrected chi connectivity index (χ0v) is 12.2. The van der Waals surface area contributed by atoms with Crippen molar-refractivity contribution in [3.05, 3.63) is 51.8 Å². The van der Waals surface area contributed by atoms with Gasteiger partial charge < -0.3 is 9.88 Å². The van der Waals surface area contributed by atoms with E-state index in [2.05, 4.69) is 10.3 Å². The maximum Gasteiger partial charge on any atom is 0.294 e. The second-order valence-corrected chi connectivity index (χ2v) is 5.78. The minimum absolute atomic E-state index is 0.0120. The molecule has 0 atom stereocenters. The Bertz CT molecular complexity index is 692. The lowest BCUT2D eigenvalue weighted by Gasteiger charge is -2.22. The second-order valence-electron chi connectivity index (χ2n) is 5.38. The largest absolute Gasteiger partial charge is 0.336 e. The summed E-state index contributed by atoms with van der Waals surface area (Å²) in [5.74, 6) is -0.338. The van der Waals surface area contributed by atoms with Crippen molar-refractivity contribution < 1.29 is 4.39 Å². The van der Waals surface area contributed by atoms with E-state index in [-0.39, 0.29) is 21.9 Å². The van der Waals surface area contributed by atoms with Crippen molar-refractivity contribution in [1.29, 1.82) is 0 Å². The van der Waals surface area contributed by atoms with Gasteiger partial charge in [-0.25, -0.2) is 9.37 Å². The summed E-state index contributed by atoms with van der Waals surface area (Å²) >= 11 is 5.70. The van der Waals surface area contributed by atoms with Crippen LogP contribution in [-0.2, 0) is 5.54 Å². The number of nitrogens with zero attached hydrogens (tertiary/aromatic N) is 2. The molecule has 20 heavy (non-hydrogen) atoms. The lowest BCUT2D eigenvalue weighted by atomic mass is 10.1. The Hall–Kier alpha value is -1.88. The van der Waals surface area contributed by atoms with Gasteiger partial charge in [0.2, 0.25) is 0 Å². The zero-order valence-electron chi connectivity index (χ0n) is 11.4. The Morgan fingerprint density at radius 1 is 1.35 bits per heavy atom. The van der Waals surface area contributed by atoms with E-state index in [4.69, 9.17) is 11.6 Å². The van der Waals surface area contributed by atoms with E-state index < -0.39 is 5.82 Å². The van der Waals surface area contributed by atoms with E-state index in [0.29, 0.717) is 5.69 Å². The van der Waals surface area contributed by atoms with Crippen LogP contribution in [0.2, 0.25) is 5.02 Å². The summed E-state index contributed by atoms with van der Waals surface area (Å²) in [5.41, 5.74) is -0.0928. The molecule has 0 aliphatic heterocycles. The molecule has 6 heteroatoms. The van der Waals surface area contributed by atoms with Gasteiger partial charge in [0.25, 0.3) is 5.56 Å². The summed E-state index contributed by atoms with van der Waals surface area (Å²) in [4.78, 5) is 16.3. The van der Waals surface area contributed by atoms with Crippen LogP contribution in [-0.4, -0.2) is 9.55 Å². The number of nitrogens with one attached hydrogen (secondary N) is 1. The number of halogens is 2. The molecule has 0 spiro atoms. The third-order valence-corrected chi connectivity index (χ3v) is 3.04. The van der Waals surface area contributed by atoms with Gasteiger partial charge in [0, 0.05) is 23.6 Å². The highest BCUT2D eigenvalue weighted by Gasteiger charge is 2.16. The van der Waals surface area contributed by atoms with Gasteiger partial charge in [-0.1, -0.05) is 11.6 Å². The molecule has 0 saturated carbocycles. The predicted molar refractivity (Wildman–Crippen MR) is 78.2 cm³/mol. The molecule has 1 N–H and O–H groups in total. The minimum Gasteiger partial charge on any atom is -0.336 e. The summed E-state index contributed by atoms with van der Waals surface area (Å²) in [5, 5.41) is 2.85. The standard InChI is InChI=1S/C14H15ClFN3O/c1-14(2,3)19-7-6-17-12(13(19)20)18-9-4-5-11(16)10(15)8-9/h4-8H,1-3H3,(H,17,18). The predicted octanol–water partition coefficient (Wildman–Crippen LogP) is 3.53. The van der Waals surface area contributed by atoms with Crippen LogP contribution in [0.15, 0.2) is 35.4 Å². The lowest BCUT2D eigenvalue weighted by Crippen LogP contribution is -2.34. The molecule has 4 nitrogen and oxygen atoms in total. The molecule has 1 heterocycles. The molecule has 1 aromatic carbocycles. The molecule has 106 valence electrons. The number of hydrogen-bond acceptors (Lipinski definition) is 3. The first kappa shape index (κ1) is 14.5. The highest BCUT2D eigenvalue weighted by molar-refractivity contribution is 6.31. The Morgan fingerprint density at radius 3 is 2.65 bits per heavy atom. The minimum atomic E-state index is -0.509. The van der Waals surface area contributed by atoms with E-state index >= 15 is 0 Å². The molecule has 0 unspecified atom stereocenters. The molecule has 0 saturated heterocycles. The summed E-state index contributed by atoms with van der Waals surface area (Å²) in [6, 6.07) is 4.14. The molecule has 0 aliphatic rings. The first-order valence-corrected chi connectivity index (χ1v) is 6.47. The second kappa shape index (κ2) is 5.25. The van der Waals surface area contributed by atoms with Crippen LogP contribution in [0.5, 0.6) is 0 Å². The van der Waals surface area contributed by atoms with Crippen LogP contribution in [0.4, 0.5) is 15.9 Å². The molecule has 0 aliphatic carbocycles. The smallest absolute Gasteiger partial charge is 0.294 e. The van der Waals surface area contributed by atoms with E-state index in [0.717, 1.165) is 0 Å². The maximum atomic E-state index is 13.1. The number of aromatic nitrogens is 2. The van der Waals surface area contributed by atoms with Crippen LogP contribution in [0.25, 0.3) is 0 Å². The third-order valence-electron chi connectivity index (χ3n) is 2.75. The number of anilines is 2. The van der Waals surface area contributed by atoms with Crippen LogP contribution in [0.1, 0.15) is 20.8 Å². The lowest BCUT2D eigenvalue weighted by molar-refractivity contribution is 0.383. The van der Waals surface area contributed by atoms with Crippen molar-refractivity contribution >= 4 is 23.1 Å². The quantitative estimate of drug-likeness (QED) is 0.922. The first-order chi connectivity index (χ1) is 9.29. The van der Waals surface area contributed by atoms with Gasteiger partial charge in [0.05, 0.1) is 5.02 Å². The molecule has 0 bridgehead atoms. The molecule has 0 amide bonds. The first-order valence-electron chi connectivity index (χ1n) is 6.09. The average Bonchev–Trinajstić information content (AvgIpc) is 2.35. The zero-order chi connectivity index (χ0) is 14.9.